The quantitative estimate of drug-likeness (QED) is 0.317. The average Bonchev–Trinajstić information content (AvgIpc) is 3.06. The van der Waals surface area contributed by atoms with Crippen LogP contribution in [0.1, 0.15) is 57.6 Å². The van der Waals surface area contributed by atoms with Crippen LogP contribution < -0.4 is 4.74 Å². The highest BCUT2D eigenvalue weighted by Crippen LogP contribution is 2.33. The number of benzene rings is 2. The van der Waals surface area contributed by atoms with Crippen molar-refractivity contribution in [2.75, 3.05) is 20.2 Å². The molecule has 1 aliphatic heterocycles. The largest absolute Gasteiger partial charge is 0.493 e. The number of hydrogen-bond donors (Lipinski definition) is 0. The topological polar surface area (TPSA) is 49.9 Å². The first-order valence-electron chi connectivity index (χ1n) is 12.0. The van der Waals surface area contributed by atoms with Crippen LogP contribution in [0.4, 0.5) is 0 Å². The van der Waals surface area contributed by atoms with E-state index in [2.05, 4.69) is 20.8 Å². The van der Waals surface area contributed by atoms with Gasteiger partial charge in [0.2, 0.25) is 0 Å². The minimum atomic E-state index is -0.206. The van der Waals surface area contributed by atoms with Gasteiger partial charge in [-0.3, -0.25) is 14.5 Å². The fraction of sp³-hybridized carbons (Fsp3) is 0.429. The van der Waals surface area contributed by atoms with Crippen LogP contribution in [0, 0.1) is 5.92 Å². The van der Waals surface area contributed by atoms with Crippen LogP contribution >= 0.6 is 0 Å². The van der Waals surface area contributed by atoms with Crippen LogP contribution in [0.2, 0.25) is 0 Å². The maximum atomic E-state index is 13.4. The zero-order valence-electron chi connectivity index (χ0n) is 20.3. The highest BCUT2D eigenvalue weighted by molar-refractivity contribution is 6.35. The van der Waals surface area contributed by atoms with Gasteiger partial charge in [0, 0.05) is 20.1 Å². The number of ether oxygens (including phenoxy) is 1. The SMILES string of the molecule is CCCCCCN1C(=O)C(c2ccc(OCC(C)C)cc2)=C(N(C)Cc2ccccc2)C1=O. The van der Waals surface area contributed by atoms with E-state index in [4.69, 9.17) is 4.74 Å². The second-order valence-corrected chi connectivity index (χ2v) is 9.12. The number of unbranched alkanes of at least 4 members (excludes halogenated alkanes) is 3. The van der Waals surface area contributed by atoms with Gasteiger partial charge in [-0.05, 0) is 35.6 Å². The van der Waals surface area contributed by atoms with Crippen molar-refractivity contribution in [2.24, 2.45) is 5.92 Å². The highest BCUT2D eigenvalue weighted by Gasteiger charge is 2.40. The first-order valence-corrected chi connectivity index (χ1v) is 12.0. The summed E-state index contributed by atoms with van der Waals surface area (Å²) in [4.78, 5) is 30.2. The van der Waals surface area contributed by atoms with Crippen molar-refractivity contribution in [1.29, 1.82) is 0 Å². The van der Waals surface area contributed by atoms with E-state index in [9.17, 15) is 9.59 Å². The maximum Gasteiger partial charge on any atom is 0.277 e. The Kier molecular flexibility index (Phi) is 8.70. The smallest absolute Gasteiger partial charge is 0.277 e. The molecule has 33 heavy (non-hydrogen) atoms. The summed E-state index contributed by atoms with van der Waals surface area (Å²) < 4.78 is 5.79. The van der Waals surface area contributed by atoms with Crippen molar-refractivity contribution in [3.8, 4) is 5.75 Å². The number of hydrogen-bond acceptors (Lipinski definition) is 4. The molecule has 0 aliphatic carbocycles. The Labute approximate surface area is 198 Å². The van der Waals surface area contributed by atoms with Gasteiger partial charge < -0.3 is 9.64 Å². The van der Waals surface area contributed by atoms with E-state index in [-0.39, 0.29) is 11.8 Å². The number of likely N-dealkylation sites (N-methyl/N-ethyl adjacent to an activating group) is 1. The summed E-state index contributed by atoms with van der Waals surface area (Å²) >= 11 is 0. The zero-order chi connectivity index (χ0) is 23.8. The highest BCUT2D eigenvalue weighted by atomic mass is 16.5. The maximum absolute atomic E-state index is 13.4. The molecule has 5 nitrogen and oxygen atoms in total. The molecule has 2 aromatic carbocycles. The Hall–Kier alpha value is -3.08. The lowest BCUT2D eigenvalue weighted by Crippen LogP contribution is -2.34. The number of amides is 2. The molecule has 0 aromatic heterocycles. The predicted molar refractivity (Wildman–Crippen MR) is 132 cm³/mol. The number of rotatable bonds is 12. The summed E-state index contributed by atoms with van der Waals surface area (Å²) in [5.41, 5.74) is 2.78. The molecule has 0 radical (unpaired) electrons. The van der Waals surface area contributed by atoms with E-state index >= 15 is 0 Å². The lowest BCUT2D eigenvalue weighted by molar-refractivity contribution is -0.137. The molecule has 176 valence electrons. The van der Waals surface area contributed by atoms with Crippen LogP contribution in [-0.2, 0) is 16.1 Å². The average molecular weight is 449 g/mol. The normalized spacial score (nSPS) is 13.9. The second kappa shape index (κ2) is 11.7. The lowest BCUT2D eigenvalue weighted by atomic mass is 10.0. The van der Waals surface area contributed by atoms with Gasteiger partial charge in [-0.1, -0.05) is 82.5 Å². The van der Waals surface area contributed by atoms with E-state index in [1.165, 1.54) is 4.90 Å². The van der Waals surface area contributed by atoms with E-state index in [1.807, 2.05) is 66.5 Å². The molecule has 1 aliphatic rings. The summed E-state index contributed by atoms with van der Waals surface area (Å²) in [5.74, 6) is 0.786. The summed E-state index contributed by atoms with van der Waals surface area (Å²) in [6, 6.07) is 17.5. The third-order valence-electron chi connectivity index (χ3n) is 5.75. The van der Waals surface area contributed by atoms with Gasteiger partial charge in [-0.2, -0.15) is 0 Å². The first kappa shape index (κ1) is 24.6. The lowest BCUT2D eigenvalue weighted by Gasteiger charge is -2.21. The molecule has 0 unspecified atom stereocenters. The molecule has 0 fully saturated rings. The van der Waals surface area contributed by atoms with Crippen LogP contribution in [-0.4, -0.2) is 41.8 Å². The monoisotopic (exact) mass is 448 g/mol. The van der Waals surface area contributed by atoms with Gasteiger partial charge in [-0.25, -0.2) is 0 Å². The van der Waals surface area contributed by atoms with Crippen molar-refractivity contribution >= 4 is 17.4 Å². The molecule has 0 saturated heterocycles. The molecular weight excluding hydrogens is 412 g/mol. The van der Waals surface area contributed by atoms with E-state index in [0.29, 0.717) is 36.9 Å². The molecule has 0 N–H and O–H groups in total. The number of carbonyl (C=O) groups is 2. The van der Waals surface area contributed by atoms with E-state index < -0.39 is 0 Å². The Morgan fingerprint density at radius 3 is 2.24 bits per heavy atom. The third kappa shape index (κ3) is 6.25. The first-order chi connectivity index (χ1) is 15.9. The molecule has 0 spiro atoms. The Morgan fingerprint density at radius 1 is 0.909 bits per heavy atom. The molecule has 5 heteroatoms. The van der Waals surface area contributed by atoms with E-state index in [0.717, 1.165) is 42.6 Å². The Balaban J connectivity index is 1.89. The minimum absolute atomic E-state index is 0.204. The summed E-state index contributed by atoms with van der Waals surface area (Å²) in [6.07, 6.45) is 4.06. The van der Waals surface area contributed by atoms with Crippen molar-refractivity contribution in [3.63, 3.8) is 0 Å². The molecule has 0 bridgehead atoms. The van der Waals surface area contributed by atoms with Crippen molar-refractivity contribution in [1.82, 2.24) is 9.80 Å². The zero-order valence-corrected chi connectivity index (χ0v) is 20.3. The van der Waals surface area contributed by atoms with Crippen molar-refractivity contribution < 1.29 is 14.3 Å². The van der Waals surface area contributed by atoms with Crippen LogP contribution in [0.5, 0.6) is 5.75 Å². The predicted octanol–water partition coefficient (Wildman–Crippen LogP) is 5.51. The molecule has 1 heterocycles. The third-order valence-corrected chi connectivity index (χ3v) is 5.75. The molecular formula is C28H36N2O3. The fourth-order valence-electron chi connectivity index (χ4n) is 3.99. The van der Waals surface area contributed by atoms with Gasteiger partial charge >= 0.3 is 0 Å². The number of nitrogens with zero attached hydrogens (tertiary/aromatic N) is 2. The summed E-state index contributed by atoms with van der Waals surface area (Å²) in [5, 5.41) is 0. The standard InChI is InChI=1S/C28H36N2O3/c1-5-6-7-11-18-30-27(31)25(23-14-16-24(17-15-23)33-20-21(2)3)26(28(30)32)29(4)19-22-12-9-8-10-13-22/h8-10,12-17,21H,5-7,11,18-20H2,1-4H3. The van der Waals surface area contributed by atoms with Crippen LogP contribution in [0.25, 0.3) is 5.57 Å². The van der Waals surface area contributed by atoms with E-state index in [1.54, 1.807) is 0 Å². The fourth-order valence-corrected chi connectivity index (χ4v) is 3.99. The van der Waals surface area contributed by atoms with Gasteiger partial charge in [0.1, 0.15) is 11.4 Å². The molecule has 0 saturated carbocycles. The summed E-state index contributed by atoms with van der Waals surface area (Å²) in [7, 11) is 1.88. The van der Waals surface area contributed by atoms with Gasteiger partial charge in [0.15, 0.2) is 0 Å². The van der Waals surface area contributed by atoms with Gasteiger partial charge in [0.05, 0.1) is 12.2 Å². The van der Waals surface area contributed by atoms with Crippen molar-refractivity contribution in [2.45, 2.75) is 53.0 Å². The molecule has 3 rings (SSSR count). The van der Waals surface area contributed by atoms with Gasteiger partial charge in [-0.15, -0.1) is 0 Å². The molecule has 2 aromatic rings. The van der Waals surface area contributed by atoms with Gasteiger partial charge in [0.25, 0.3) is 11.8 Å². The Morgan fingerprint density at radius 2 is 1.61 bits per heavy atom. The van der Waals surface area contributed by atoms with Crippen molar-refractivity contribution in [3.05, 3.63) is 71.4 Å². The second-order valence-electron chi connectivity index (χ2n) is 9.12. The summed E-state index contributed by atoms with van der Waals surface area (Å²) in [6.45, 7) is 8.00. The number of imide groups is 1. The Bertz CT molecular complexity index is 964. The molecule has 2 amide bonds. The number of carbonyl (C=O) groups excluding carboxylic acids is 2. The minimum Gasteiger partial charge on any atom is -0.493 e. The van der Waals surface area contributed by atoms with Crippen LogP contribution in [0.15, 0.2) is 60.3 Å². The molecule has 0 atom stereocenters. The van der Waals surface area contributed by atoms with Crippen LogP contribution in [0.3, 0.4) is 0 Å².